The number of methoxy groups -OCH3 is 2. The molecule has 3 rings (SSSR count). The van der Waals surface area contributed by atoms with E-state index in [9.17, 15) is 9.59 Å². The Hall–Kier alpha value is -3.61. The van der Waals surface area contributed by atoms with Crippen molar-refractivity contribution in [1.29, 1.82) is 0 Å². The van der Waals surface area contributed by atoms with E-state index in [0.717, 1.165) is 11.3 Å². The van der Waals surface area contributed by atoms with Crippen molar-refractivity contribution in [3.8, 4) is 17.1 Å². The summed E-state index contributed by atoms with van der Waals surface area (Å²) in [6.45, 7) is 0. The van der Waals surface area contributed by atoms with E-state index in [2.05, 4.69) is 15.0 Å². The van der Waals surface area contributed by atoms with Crippen LogP contribution in [0.5, 0.6) is 5.75 Å². The molecule has 0 spiro atoms. The van der Waals surface area contributed by atoms with Crippen LogP contribution in [0, 0.1) is 0 Å². The molecule has 0 radical (unpaired) electrons. The lowest BCUT2D eigenvalue weighted by Gasteiger charge is -2.05. The molecule has 0 aliphatic heterocycles. The van der Waals surface area contributed by atoms with Gasteiger partial charge in [0.2, 0.25) is 5.91 Å². The Balaban J connectivity index is 1.55. The molecule has 1 amide bonds. The molecule has 0 aliphatic rings. The number of nitrogens with zero attached hydrogens (tertiary/aromatic N) is 1. The van der Waals surface area contributed by atoms with Gasteiger partial charge in [0, 0.05) is 24.1 Å². The molecule has 0 saturated heterocycles. The normalized spacial score (nSPS) is 10.4. The first kappa shape index (κ1) is 19.2. The molecular weight excluding hydrogens is 360 g/mol. The van der Waals surface area contributed by atoms with E-state index >= 15 is 0 Å². The van der Waals surface area contributed by atoms with Crippen LogP contribution in [-0.2, 0) is 16.0 Å². The van der Waals surface area contributed by atoms with Gasteiger partial charge < -0.3 is 19.2 Å². The summed E-state index contributed by atoms with van der Waals surface area (Å²) >= 11 is 0. The quantitative estimate of drug-likeness (QED) is 0.629. The molecule has 1 N–H and O–H groups in total. The standard InChI is InChI=1S/C21H20N2O5/c1-26-17-5-3-4-15(12-17)18-13-22-20(28-18)11-10-19(24)23-16-8-6-14(7-9-16)21(25)27-2/h3-9,12-13H,10-11H2,1-2H3,(H,23,24). The third-order valence-corrected chi connectivity index (χ3v) is 4.06. The van der Waals surface area contributed by atoms with Crippen molar-refractivity contribution in [2.75, 3.05) is 19.5 Å². The number of benzene rings is 2. The minimum Gasteiger partial charge on any atom is -0.497 e. The number of rotatable bonds is 7. The molecule has 7 nitrogen and oxygen atoms in total. The van der Waals surface area contributed by atoms with E-state index in [1.165, 1.54) is 7.11 Å². The molecule has 1 heterocycles. The Kier molecular flexibility index (Phi) is 6.06. The molecule has 28 heavy (non-hydrogen) atoms. The van der Waals surface area contributed by atoms with E-state index < -0.39 is 5.97 Å². The second-order valence-electron chi connectivity index (χ2n) is 5.97. The largest absolute Gasteiger partial charge is 0.497 e. The summed E-state index contributed by atoms with van der Waals surface area (Å²) in [6, 6.07) is 14.0. The molecule has 0 bridgehead atoms. The summed E-state index contributed by atoms with van der Waals surface area (Å²) in [4.78, 5) is 27.8. The molecule has 2 aromatic carbocycles. The lowest BCUT2D eigenvalue weighted by Crippen LogP contribution is -2.12. The van der Waals surface area contributed by atoms with E-state index in [1.807, 2.05) is 24.3 Å². The summed E-state index contributed by atoms with van der Waals surface area (Å²) in [7, 11) is 2.92. The van der Waals surface area contributed by atoms with Crippen LogP contribution in [-0.4, -0.2) is 31.1 Å². The number of hydrogen-bond acceptors (Lipinski definition) is 6. The van der Waals surface area contributed by atoms with Gasteiger partial charge in [-0.1, -0.05) is 12.1 Å². The molecule has 3 aromatic rings. The van der Waals surface area contributed by atoms with Gasteiger partial charge in [-0.05, 0) is 36.4 Å². The van der Waals surface area contributed by atoms with Crippen LogP contribution in [0.4, 0.5) is 5.69 Å². The minimum absolute atomic E-state index is 0.174. The second kappa shape index (κ2) is 8.85. The van der Waals surface area contributed by atoms with Crippen LogP contribution in [0.1, 0.15) is 22.7 Å². The highest BCUT2D eigenvalue weighted by molar-refractivity contribution is 5.93. The first-order chi connectivity index (χ1) is 13.6. The van der Waals surface area contributed by atoms with E-state index in [0.29, 0.717) is 29.3 Å². The van der Waals surface area contributed by atoms with Crippen molar-refractivity contribution >= 4 is 17.6 Å². The Morgan fingerprint density at radius 1 is 1.11 bits per heavy atom. The molecule has 144 valence electrons. The number of carbonyl (C=O) groups is 2. The van der Waals surface area contributed by atoms with Gasteiger partial charge in [0.05, 0.1) is 26.0 Å². The number of oxazole rings is 1. The monoisotopic (exact) mass is 380 g/mol. The second-order valence-corrected chi connectivity index (χ2v) is 5.97. The molecule has 0 unspecified atom stereocenters. The van der Waals surface area contributed by atoms with E-state index in [-0.39, 0.29) is 12.3 Å². The number of ether oxygens (including phenoxy) is 2. The predicted octanol–water partition coefficient (Wildman–Crippen LogP) is 3.71. The zero-order chi connectivity index (χ0) is 19.9. The van der Waals surface area contributed by atoms with Gasteiger partial charge in [-0.25, -0.2) is 9.78 Å². The Morgan fingerprint density at radius 3 is 2.61 bits per heavy atom. The number of anilines is 1. The summed E-state index contributed by atoms with van der Waals surface area (Å²) in [5, 5.41) is 2.77. The average Bonchev–Trinajstić information content (AvgIpc) is 3.21. The molecule has 0 aliphatic carbocycles. The van der Waals surface area contributed by atoms with Crippen LogP contribution < -0.4 is 10.1 Å². The van der Waals surface area contributed by atoms with Crippen LogP contribution in [0.25, 0.3) is 11.3 Å². The lowest BCUT2D eigenvalue weighted by molar-refractivity contribution is -0.116. The van der Waals surface area contributed by atoms with Gasteiger partial charge >= 0.3 is 5.97 Å². The van der Waals surface area contributed by atoms with Crippen molar-refractivity contribution in [3.63, 3.8) is 0 Å². The predicted molar refractivity (Wildman–Crippen MR) is 103 cm³/mol. The lowest BCUT2D eigenvalue weighted by atomic mass is 10.2. The summed E-state index contributed by atoms with van der Waals surface area (Å²) in [5.74, 6) is 1.23. The van der Waals surface area contributed by atoms with Gasteiger partial charge in [0.1, 0.15) is 5.75 Å². The molecular formula is C21H20N2O5. The maximum absolute atomic E-state index is 12.1. The minimum atomic E-state index is -0.423. The van der Waals surface area contributed by atoms with Gasteiger partial charge in [0.15, 0.2) is 11.7 Å². The Labute approximate surface area is 162 Å². The first-order valence-electron chi connectivity index (χ1n) is 8.66. The zero-order valence-corrected chi connectivity index (χ0v) is 15.6. The van der Waals surface area contributed by atoms with Crippen LogP contribution in [0.15, 0.2) is 59.1 Å². The van der Waals surface area contributed by atoms with Crippen molar-refractivity contribution in [2.45, 2.75) is 12.8 Å². The maximum Gasteiger partial charge on any atom is 0.337 e. The van der Waals surface area contributed by atoms with E-state index in [4.69, 9.17) is 9.15 Å². The highest BCUT2D eigenvalue weighted by Crippen LogP contribution is 2.24. The van der Waals surface area contributed by atoms with Crippen LogP contribution >= 0.6 is 0 Å². The fourth-order valence-corrected chi connectivity index (χ4v) is 2.59. The molecule has 7 heteroatoms. The number of esters is 1. The Morgan fingerprint density at radius 2 is 1.89 bits per heavy atom. The van der Waals surface area contributed by atoms with E-state index in [1.54, 1.807) is 37.6 Å². The molecule has 0 saturated carbocycles. The number of carbonyl (C=O) groups excluding carboxylic acids is 2. The highest BCUT2D eigenvalue weighted by Gasteiger charge is 2.11. The zero-order valence-electron chi connectivity index (χ0n) is 15.6. The first-order valence-corrected chi connectivity index (χ1v) is 8.66. The Bertz CT molecular complexity index is 963. The SMILES string of the molecule is COC(=O)c1ccc(NC(=O)CCc2ncc(-c3cccc(OC)c3)o2)cc1. The fourth-order valence-electron chi connectivity index (χ4n) is 2.59. The summed E-state index contributed by atoms with van der Waals surface area (Å²) in [5.41, 5.74) is 1.88. The number of hydrogen-bond donors (Lipinski definition) is 1. The fraction of sp³-hybridized carbons (Fsp3) is 0.190. The van der Waals surface area contributed by atoms with Crippen LogP contribution in [0.2, 0.25) is 0 Å². The third-order valence-electron chi connectivity index (χ3n) is 4.06. The van der Waals surface area contributed by atoms with Crippen molar-refractivity contribution < 1.29 is 23.5 Å². The summed E-state index contributed by atoms with van der Waals surface area (Å²) < 4.78 is 15.6. The average molecular weight is 380 g/mol. The van der Waals surface area contributed by atoms with Gasteiger partial charge in [-0.3, -0.25) is 4.79 Å². The van der Waals surface area contributed by atoms with Gasteiger partial charge in [0.25, 0.3) is 0 Å². The highest BCUT2D eigenvalue weighted by atomic mass is 16.5. The van der Waals surface area contributed by atoms with Crippen molar-refractivity contribution in [1.82, 2.24) is 4.98 Å². The number of aromatic nitrogens is 1. The number of aryl methyl sites for hydroxylation is 1. The van der Waals surface area contributed by atoms with Gasteiger partial charge in [-0.15, -0.1) is 0 Å². The molecule has 0 atom stereocenters. The topological polar surface area (TPSA) is 90.7 Å². The van der Waals surface area contributed by atoms with Crippen molar-refractivity contribution in [2.24, 2.45) is 0 Å². The molecule has 1 aromatic heterocycles. The molecule has 0 fully saturated rings. The van der Waals surface area contributed by atoms with Crippen LogP contribution in [0.3, 0.4) is 0 Å². The maximum atomic E-state index is 12.1. The van der Waals surface area contributed by atoms with Gasteiger partial charge in [-0.2, -0.15) is 0 Å². The summed E-state index contributed by atoms with van der Waals surface area (Å²) in [6.07, 6.45) is 2.22. The number of nitrogens with one attached hydrogen (secondary N) is 1. The number of amides is 1. The third kappa shape index (κ3) is 4.76. The van der Waals surface area contributed by atoms with Crippen molar-refractivity contribution in [3.05, 3.63) is 66.2 Å². The smallest absolute Gasteiger partial charge is 0.337 e.